The average Bonchev–Trinajstić information content (AvgIpc) is 2.46. The summed E-state index contributed by atoms with van der Waals surface area (Å²) in [6, 6.07) is 0. The number of carbonyl (C=O) groups is 2. The summed E-state index contributed by atoms with van der Waals surface area (Å²) < 4.78 is 32.5. The van der Waals surface area contributed by atoms with Gasteiger partial charge in [0.2, 0.25) is 0 Å². The van der Waals surface area contributed by atoms with E-state index in [1.807, 2.05) is 27.7 Å². The summed E-state index contributed by atoms with van der Waals surface area (Å²) >= 11 is 0. The largest absolute Gasteiger partial charge is 1.00 e. The molecule has 3 atom stereocenters. The molecule has 0 aliphatic heterocycles. The molecule has 10 heteroatoms. The number of hydrogen-bond acceptors (Lipinski definition) is 6. The number of aliphatic carboxylic acids is 2. The SMILES string of the molecule is CCC(C)CCC(CCC(C)CC)(C(=O)[O-])C(C(=O)[O-])S(=O)(=O)O.[Na+].[Na+]. The van der Waals surface area contributed by atoms with Crippen LogP contribution in [0.15, 0.2) is 0 Å². The van der Waals surface area contributed by atoms with Crippen LogP contribution in [0.5, 0.6) is 0 Å². The van der Waals surface area contributed by atoms with Gasteiger partial charge in [-0.2, -0.15) is 8.42 Å². The molecule has 1 N–H and O–H groups in total. The van der Waals surface area contributed by atoms with Crippen molar-refractivity contribution in [1.82, 2.24) is 0 Å². The smallest absolute Gasteiger partial charge is 0.549 e. The fraction of sp³-hybridized carbons (Fsp3) is 0.875. The van der Waals surface area contributed by atoms with Crippen LogP contribution in [0.2, 0.25) is 0 Å². The fourth-order valence-electron chi connectivity index (χ4n) is 2.75. The minimum atomic E-state index is -5.16. The Labute approximate surface area is 201 Å². The molecule has 0 aliphatic rings. The third kappa shape index (κ3) is 9.37. The summed E-state index contributed by atoms with van der Waals surface area (Å²) in [5.41, 5.74) is -2.21. The van der Waals surface area contributed by atoms with Crippen molar-refractivity contribution in [3.05, 3.63) is 0 Å². The van der Waals surface area contributed by atoms with E-state index in [1.165, 1.54) is 0 Å². The van der Waals surface area contributed by atoms with Crippen LogP contribution >= 0.6 is 0 Å². The zero-order valence-electron chi connectivity index (χ0n) is 16.8. The van der Waals surface area contributed by atoms with Crippen LogP contribution in [-0.4, -0.2) is 30.2 Å². The molecule has 3 unspecified atom stereocenters. The summed E-state index contributed by atoms with van der Waals surface area (Å²) in [6.45, 7) is 7.50. The van der Waals surface area contributed by atoms with Gasteiger partial charge in [0.25, 0.3) is 10.1 Å². The molecule has 0 heterocycles. The van der Waals surface area contributed by atoms with Gasteiger partial charge in [-0.1, -0.05) is 40.5 Å². The van der Waals surface area contributed by atoms with Crippen LogP contribution in [0.1, 0.15) is 66.2 Å². The summed E-state index contributed by atoms with van der Waals surface area (Å²) in [4.78, 5) is 23.2. The van der Waals surface area contributed by atoms with E-state index in [4.69, 9.17) is 0 Å². The Morgan fingerprint density at radius 1 is 0.962 bits per heavy atom. The normalized spacial score (nSPS) is 17.0. The van der Waals surface area contributed by atoms with Gasteiger partial charge in [-0.3, -0.25) is 4.55 Å². The van der Waals surface area contributed by atoms with Gasteiger partial charge >= 0.3 is 59.1 Å². The minimum Gasteiger partial charge on any atom is -0.549 e. The Bertz CT molecular complexity index is 523. The molecular formula is C16H28Na2O7S. The quantitative estimate of drug-likeness (QED) is 0.250. The standard InChI is InChI=1S/C16H30O7S.2Na/c1-5-11(3)7-9-16(15(19)20,10-8-12(4)6-2)13(14(17)18)24(21,22)23;;/h11-13H,5-10H2,1-4H3,(H,17,18)(H,19,20)(H,21,22,23);;/q;2*+1/p-2. The zero-order valence-corrected chi connectivity index (χ0v) is 21.6. The van der Waals surface area contributed by atoms with Crippen molar-refractivity contribution < 1.29 is 91.9 Å². The van der Waals surface area contributed by atoms with Crippen LogP contribution in [0.4, 0.5) is 0 Å². The number of hydrogen-bond donors (Lipinski definition) is 1. The van der Waals surface area contributed by atoms with Crippen molar-refractivity contribution in [2.24, 2.45) is 17.3 Å². The molecule has 0 fully saturated rings. The van der Waals surface area contributed by atoms with Crippen molar-refractivity contribution in [2.45, 2.75) is 71.5 Å². The molecule has 0 radical (unpaired) electrons. The molecule has 0 saturated heterocycles. The summed E-state index contributed by atoms with van der Waals surface area (Å²) in [7, 11) is -5.16. The summed E-state index contributed by atoms with van der Waals surface area (Å²) in [5.74, 6) is -3.73. The van der Waals surface area contributed by atoms with Gasteiger partial charge < -0.3 is 19.8 Å². The monoisotopic (exact) mass is 410 g/mol. The molecule has 26 heavy (non-hydrogen) atoms. The Morgan fingerprint density at radius 2 is 1.31 bits per heavy atom. The van der Waals surface area contributed by atoms with E-state index >= 15 is 0 Å². The number of carbonyl (C=O) groups excluding carboxylic acids is 2. The van der Waals surface area contributed by atoms with Gasteiger partial charge in [-0.05, 0) is 37.5 Å². The second kappa shape index (κ2) is 13.9. The second-order valence-corrected chi connectivity index (χ2v) is 8.26. The van der Waals surface area contributed by atoms with Crippen molar-refractivity contribution in [1.29, 1.82) is 0 Å². The first-order valence-corrected chi connectivity index (χ1v) is 9.81. The first kappa shape index (κ1) is 31.5. The van der Waals surface area contributed by atoms with E-state index in [0.717, 1.165) is 12.8 Å². The first-order valence-electron chi connectivity index (χ1n) is 8.30. The van der Waals surface area contributed by atoms with Crippen molar-refractivity contribution >= 4 is 22.1 Å². The molecule has 142 valence electrons. The first-order chi connectivity index (χ1) is 10.9. The molecule has 0 aromatic rings. The van der Waals surface area contributed by atoms with Crippen LogP contribution < -0.4 is 69.3 Å². The van der Waals surface area contributed by atoms with Gasteiger partial charge in [0.15, 0.2) is 0 Å². The van der Waals surface area contributed by atoms with E-state index in [0.29, 0.717) is 12.8 Å². The van der Waals surface area contributed by atoms with Crippen molar-refractivity contribution in [3.63, 3.8) is 0 Å². The van der Waals surface area contributed by atoms with E-state index in [-0.39, 0.29) is 83.8 Å². The van der Waals surface area contributed by atoms with Crippen LogP contribution in [0, 0.1) is 17.3 Å². The van der Waals surface area contributed by atoms with Crippen LogP contribution in [0.3, 0.4) is 0 Å². The Kier molecular flexibility index (Phi) is 16.9. The summed E-state index contributed by atoms with van der Waals surface area (Å²) in [5, 5.41) is 20.7. The van der Waals surface area contributed by atoms with Gasteiger partial charge in [0.05, 0.1) is 5.97 Å². The molecule has 0 aromatic heterocycles. The molecule has 0 rings (SSSR count). The Balaban J connectivity index is -0.00000264. The van der Waals surface area contributed by atoms with Crippen LogP contribution in [0.25, 0.3) is 0 Å². The van der Waals surface area contributed by atoms with Crippen LogP contribution in [-0.2, 0) is 19.7 Å². The maximum absolute atomic E-state index is 11.8. The maximum Gasteiger partial charge on any atom is 1.00 e. The maximum atomic E-state index is 11.8. The average molecular weight is 410 g/mol. The molecule has 7 nitrogen and oxygen atoms in total. The van der Waals surface area contributed by atoms with Gasteiger partial charge in [0, 0.05) is 11.4 Å². The molecule has 0 saturated carbocycles. The van der Waals surface area contributed by atoms with Gasteiger partial charge in [0.1, 0.15) is 5.25 Å². The zero-order chi connectivity index (χ0) is 19.1. The second-order valence-electron chi connectivity index (χ2n) is 6.76. The van der Waals surface area contributed by atoms with E-state index in [1.54, 1.807) is 0 Å². The third-order valence-electron chi connectivity index (χ3n) is 4.98. The van der Waals surface area contributed by atoms with E-state index in [2.05, 4.69) is 0 Å². The Hall–Kier alpha value is 0.850. The summed E-state index contributed by atoms with van der Waals surface area (Å²) in [6.07, 6.45) is 1.67. The number of carboxylic acid groups (broad SMARTS) is 2. The topological polar surface area (TPSA) is 135 Å². The number of rotatable bonds is 12. The minimum absolute atomic E-state index is 0. The van der Waals surface area contributed by atoms with Crippen molar-refractivity contribution in [3.8, 4) is 0 Å². The molecular weight excluding hydrogens is 382 g/mol. The molecule has 0 amide bonds. The molecule has 0 aromatic carbocycles. The predicted octanol–water partition coefficient (Wildman–Crippen LogP) is -5.61. The Morgan fingerprint density at radius 3 is 1.50 bits per heavy atom. The third-order valence-corrected chi connectivity index (χ3v) is 6.22. The van der Waals surface area contributed by atoms with Gasteiger partial charge in [-0.15, -0.1) is 0 Å². The number of carboxylic acids is 2. The van der Waals surface area contributed by atoms with Gasteiger partial charge in [-0.25, -0.2) is 0 Å². The van der Waals surface area contributed by atoms with E-state index < -0.39 is 32.7 Å². The molecule has 0 spiro atoms. The molecule has 0 bridgehead atoms. The fourth-order valence-corrected chi connectivity index (χ4v) is 3.89. The van der Waals surface area contributed by atoms with Crippen molar-refractivity contribution in [2.75, 3.05) is 0 Å². The van der Waals surface area contributed by atoms with E-state index in [9.17, 15) is 32.8 Å². The predicted molar refractivity (Wildman–Crippen MR) is 85.2 cm³/mol. The molecule has 0 aliphatic carbocycles.